The molecule has 2 nitrogen and oxygen atoms in total. The summed E-state index contributed by atoms with van der Waals surface area (Å²) in [6.07, 6.45) is 0.785. The molecule has 0 aliphatic rings. The fourth-order valence-electron chi connectivity index (χ4n) is 1.99. The van der Waals surface area contributed by atoms with E-state index in [9.17, 15) is 4.79 Å². The van der Waals surface area contributed by atoms with Crippen LogP contribution in [0.1, 0.15) is 23.6 Å². The van der Waals surface area contributed by atoms with Gasteiger partial charge in [0.1, 0.15) is 5.78 Å². The number of carbonyl (C=O) groups is 1. The number of halogens is 1. The quantitative estimate of drug-likeness (QED) is 0.914. The summed E-state index contributed by atoms with van der Waals surface area (Å²) in [5.41, 5.74) is 8.07. The van der Waals surface area contributed by atoms with Crippen LogP contribution in [-0.4, -0.2) is 5.78 Å². The van der Waals surface area contributed by atoms with Crippen molar-refractivity contribution >= 4 is 21.7 Å². The van der Waals surface area contributed by atoms with Gasteiger partial charge in [0.15, 0.2) is 0 Å². The number of ketones is 1. The molecule has 0 saturated heterocycles. The number of hydrogen-bond acceptors (Lipinski definition) is 2. The smallest absolute Gasteiger partial charge is 0.139 e. The van der Waals surface area contributed by atoms with Gasteiger partial charge in [0.25, 0.3) is 0 Å². The molecule has 98 valence electrons. The van der Waals surface area contributed by atoms with Crippen molar-refractivity contribution in [3.05, 3.63) is 70.2 Å². The lowest BCUT2D eigenvalue weighted by Gasteiger charge is -2.11. The van der Waals surface area contributed by atoms with Crippen LogP contribution in [0, 0.1) is 0 Å². The highest BCUT2D eigenvalue weighted by Crippen LogP contribution is 2.19. The lowest BCUT2D eigenvalue weighted by molar-refractivity contribution is -0.118. The van der Waals surface area contributed by atoms with Crippen molar-refractivity contribution < 1.29 is 4.79 Å². The average Bonchev–Trinajstić information content (AvgIpc) is 2.42. The Morgan fingerprint density at radius 3 is 2.37 bits per heavy atom. The first-order chi connectivity index (χ1) is 9.16. The molecule has 0 amide bonds. The number of hydrogen-bond donors (Lipinski definition) is 1. The standard InChI is InChI=1S/C16H16BrNO/c17-15-9-5-4-8-13(15)10-14(19)11-16(18)12-6-2-1-3-7-12/h1-9,16H,10-11,18H2. The van der Waals surface area contributed by atoms with Crippen LogP contribution in [0.15, 0.2) is 59.1 Å². The minimum atomic E-state index is -0.226. The van der Waals surface area contributed by atoms with Gasteiger partial charge in [-0.1, -0.05) is 64.5 Å². The summed E-state index contributed by atoms with van der Waals surface area (Å²) in [6.45, 7) is 0. The second kappa shape index (κ2) is 6.64. The monoisotopic (exact) mass is 317 g/mol. The van der Waals surface area contributed by atoms with Gasteiger partial charge in [0.2, 0.25) is 0 Å². The van der Waals surface area contributed by atoms with E-state index < -0.39 is 0 Å². The Hall–Kier alpha value is -1.45. The number of nitrogens with two attached hydrogens (primary N) is 1. The van der Waals surface area contributed by atoms with E-state index in [2.05, 4.69) is 15.9 Å². The van der Waals surface area contributed by atoms with Crippen LogP contribution in [0.25, 0.3) is 0 Å². The second-order valence-electron chi connectivity index (χ2n) is 4.53. The van der Waals surface area contributed by atoms with Crippen molar-refractivity contribution in [2.24, 2.45) is 5.73 Å². The summed E-state index contributed by atoms with van der Waals surface area (Å²) in [4.78, 5) is 12.0. The van der Waals surface area contributed by atoms with Gasteiger partial charge in [-0.2, -0.15) is 0 Å². The molecule has 0 bridgehead atoms. The van der Waals surface area contributed by atoms with Crippen molar-refractivity contribution in [3.8, 4) is 0 Å². The van der Waals surface area contributed by atoms with Gasteiger partial charge in [-0.25, -0.2) is 0 Å². The van der Waals surface area contributed by atoms with E-state index in [1.54, 1.807) is 0 Å². The number of rotatable bonds is 5. The molecule has 3 heteroatoms. The fourth-order valence-corrected chi connectivity index (χ4v) is 2.41. The van der Waals surface area contributed by atoms with E-state index in [1.165, 1.54) is 0 Å². The number of benzene rings is 2. The summed E-state index contributed by atoms with van der Waals surface area (Å²) in [5, 5.41) is 0. The lowest BCUT2D eigenvalue weighted by atomic mass is 9.99. The lowest BCUT2D eigenvalue weighted by Crippen LogP contribution is -2.16. The number of Topliss-reactive ketones (excluding diaryl/α,β-unsaturated/α-hetero) is 1. The van der Waals surface area contributed by atoms with Gasteiger partial charge < -0.3 is 5.73 Å². The Bertz CT molecular complexity index is 554. The van der Waals surface area contributed by atoms with E-state index in [0.717, 1.165) is 15.6 Å². The third-order valence-corrected chi connectivity index (χ3v) is 3.79. The summed E-state index contributed by atoms with van der Waals surface area (Å²) in [6, 6.07) is 17.3. The first kappa shape index (κ1) is 14.0. The molecule has 0 heterocycles. The maximum atomic E-state index is 12.0. The maximum absolute atomic E-state index is 12.0. The van der Waals surface area contributed by atoms with Crippen LogP contribution in [0.3, 0.4) is 0 Å². The first-order valence-electron chi connectivity index (χ1n) is 6.22. The molecule has 0 aromatic heterocycles. The van der Waals surface area contributed by atoms with Crippen LogP contribution in [-0.2, 0) is 11.2 Å². The first-order valence-corrected chi connectivity index (χ1v) is 7.02. The third kappa shape index (κ3) is 4.01. The van der Waals surface area contributed by atoms with Crippen molar-refractivity contribution in [3.63, 3.8) is 0 Å². The summed E-state index contributed by atoms with van der Waals surface area (Å²) in [7, 11) is 0. The molecule has 0 aliphatic heterocycles. The predicted molar refractivity (Wildman–Crippen MR) is 80.8 cm³/mol. The molecule has 2 rings (SSSR count). The molecule has 0 saturated carbocycles. The molecule has 1 unspecified atom stereocenters. The molecule has 0 aliphatic carbocycles. The molecular weight excluding hydrogens is 302 g/mol. The molecule has 2 aromatic rings. The molecule has 1 atom stereocenters. The largest absolute Gasteiger partial charge is 0.324 e. The zero-order chi connectivity index (χ0) is 13.7. The highest BCUT2D eigenvalue weighted by atomic mass is 79.9. The third-order valence-electron chi connectivity index (χ3n) is 3.02. The van der Waals surface area contributed by atoms with Crippen LogP contribution in [0.2, 0.25) is 0 Å². The van der Waals surface area contributed by atoms with E-state index in [0.29, 0.717) is 12.8 Å². The molecular formula is C16H16BrNO. The van der Waals surface area contributed by atoms with Crippen LogP contribution in [0.4, 0.5) is 0 Å². The normalized spacial score (nSPS) is 12.1. The summed E-state index contributed by atoms with van der Waals surface area (Å²) in [5.74, 6) is 0.156. The number of carbonyl (C=O) groups excluding carboxylic acids is 1. The van der Waals surface area contributed by atoms with Crippen molar-refractivity contribution in [1.82, 2.24) is 0 Å². The minimum Gasteiger partial charge on any atom is -0.324 e. The molecule has 2 aromatic carbocycles. The topological polar surface area (TPSA) is 43.1 Å². The van der Waals surface area contributed by atoms with Crippen molar-refractivity contribution in [1.29, 1.82) is 0 Å². The predicted octanol–water partition coefficient (Wildman–Crippen LogP) is 3.65. The Morgan fingerprint density at radius 1 is 1.05 bits per heavy atom. The zero-order valence-electron chi connectivity index (χ0n) is 10.6. The van der Waals surface area contributed by atoms with E-state index >= 15 is 0 Å². The summed E-state index contributed by atoms with van der Waals surface area (Å²) < 4.78 is 0.969. The maximum Gasteiger partial charge on any atom is 0.139 e. The molecule has 19 heavy (non-hydrogen) atoms. The Balaban J connectivity index is 1.97. The van der Waals surface area contributed by atoms with Gasteiger partial charge in [0, 0.05) is 23.4 Å². The van der Waals surface area contributed by atoms with E-state index in [-0.39, 0.29) is 11.8 Å². The SMILES string of the molecule is NC(CC(=O)Cc1ccccc1Br)c1ccccc1. The van der Waals surface area contributed by atoms with Crippen LogP contribution >= 0.6 is 15.9 Å². The van der Waals surface area contributed by atoms with Gasteiger partial charge in [-0.05, 0) is 17.2 Å². The molecule has 2 N–H and O–H groups in total. The Labute approximate surface area is 121 Å². The minimum absolute atomic E-state index is 0.156. The highest BCUT2D eigenvalue weighted by Gasteiger charge is 2.12. The van der Waals surface area contributed by atoms with Gasteiger partial charge in [0.05, 0.1) is 0 Å². The van der Waals surface area contributed by atoms with Gasteiger partial charge in [-0.15, -0.1) is 0 Å². The van der Waals surface area contributed by atoms with Gasteiger partial charge in [-0.3, -0.25) is 4.79 Å². The molecule has 0 fully saturated rings. The van der Waals surface area contributed by atoms with E-state index in [1.807, 2.05) is 54.6 Å². The average molecular weight is 318 g/mol. The second-order valence-corrected chi connectivity index (χ2v) is 5.38. The van der Waals surface area contributed by atoms with Crippen LogP contribution in [0.5, 0.6) is 0 Å². The van der Waals surface area contributed by atoms with Crippen LogP contribution < -0.4 is 5.73 Å². The molecule has 0 radical (unpaired) electrons. The van der Waals surface area contributed by atoms with E-state index in [4.69, 9.17) is 5.73 Å². The van der Waals surface area contributed by atoms with Gasteiger partial charge >= 0.3 is 0 Å². The van der Waals surface area contributed by atoms with Crippen molar-refractivity contribution in [2.45, 2.75) is 18.9 Å². The molecule has 0 spiro atoms. The fraction of sp³-hybridized carbons (Fsp3) is 0.188. The zero-order valence-corrected chi connectivity index (χ0v) is 12.1. The highest BCUT2D eigenvalue weighted by molar-refractivity contribution is 9.10. The summed E-state index contributed by atoms with van der Waals surface area (Å²) >= 11 is 3.45. The Morgan fingerprint density at radius 2 is 1.68 bits per heavy atom. The Kier molecular flexibility index (Phi) is 4.88. The van der Waals surface area contributed by atoms with Crippen molar-refractivity contribution in [2.75, 3.05) is 0 Å².